The van der Waals surface area contributed by atoms with Crippen LogP contribution in [0.5, 0.6) is 0 Å². The van der Waals surface area contributed by atoms with E-state index in [0.717, 1.165) is 22.3 Å². The van der Waals surface area contributed by atoms with Crippen LogP contribution in [0.25, 0.3) is 11.1 Å². The highest BCUT2D eigenvalue weighted by Crippen LogP contribution is 2.44. The molecule has 0 saturated heterocycles. The Morgan fingerprint density at radius 3 is 2.37 bits per heavy atom. The molecule has 182 valence electrons. The molecule has 0 bridgehead atoms. The zero-order chi connectivity index (χ0) is 24.8. The quantitative estimate of drug-likeness (QED) is 0.408. The van der Waals surface area contributed by atoms with Crippen molar-refractivity contribution in [1.82, 2.24) is 15.1 Å². The molecule has 4 rings (SSSR count). The minimum atomic E-state index is -1.14. The molecule has 1 aliphatic carbocycles. The van der Waals surface area contributed by atoms with Gasteiger partial charge in [0.05, 0.1) is 11.9 Å². The lowest BCUT2D eigenvalue weighted by Gasteiger charge is -2.14. The van der Waals surface area contributed by atoms with Crippen molar-refractivity contribution in [1.29, 1.82) is 0 Å². The number of ether oxygens (including phenoxy) is 2. The maximum Gasteiger partial charge on any atom is 0.411 e. The lowest BCUT2D eigenvalue weighted by molar-refractivity contribution is -0.142. The summed E-state index contributed by atoms with van der Waals surface area (Å²) in [4.78, 5) is 35.9. The van der Waals surface area contributed by atoms with E-state index in [9.17, 15) is 19.5 Å². The number of nitrogens with zero attached hydrogens (tertiary/aromatic N) is 2. The molecule has 1 heterocycles. The van der Waals surface area contributed by atoms with Gasteiger partial charge in [0.1, 0.15) is 19.2 Å². The first-order chi connectivity index (χ1) is 17.0. The standard InChI is InChI=1S/C25H26N4O6/c1-34-11-10-22(24(31)32)28-23(30)14-29-13-16(12-26-29)27-25(33)35-15-21-19-8-4-2-6-17(19)18-7-3-5-9-20(18)21/h2-9,12-13,21-22H,10-11,14-15H2,1H3,(H,27,33)(H,28,30)(H,31,32). The van der Waals surface area contributed by atoms with Crippen LogP contribution in [0.15, 0.2) is 60.9 Å². The number of carbonyl (C=O) groups excluding carboxylic acids is 2. The van der Waals surface area contributed by atoms with Gasteiger partial charge in [0.2, 0.25) is 5.91 Å². The molecule has 3 N–H and O–H groups in total. The second-order valence-corrected chi connectivity index (χ2v) is 8.12. The minimum Gasteiger partial charge on any atom is -0.480 e. The maximum atomic E-state index is 12.4. The largest absolute Gasteiger partial charge is 0.480 e. The highest BCUT2D eigenvalue weighted by molar-refractivity contribution is 5.85. The number of carbonyl (C=O) groups is 3. The maximum absolute atomic E-state index is 12.4. The molecule has 2 amide bonds. The van der Waals surface area contributed by atoms with Crippen LogP contribution in [0, 0.1) is 0 Å². The van der Waals surface area contributed by atoms with Crippen molar-refractivity contribution in [3.8, 4) is 11.1 Å². The zero-order valence-electron chi connectivity index (χ0n) is 19.1. The van der Waals surface area contributed by atoms with Crippen molar-refractivity contribution < 1.29 is 29.0 Å². The first kappa shape index (κ1) is 24.0. The first-order valence-corrected chi connectivity index (χ1v) is 11.1. The van der Waals surface area contributed by atoms with Crippen molar-refractivity contribution in [2.75, 3.05) is 25.6 Å². The van der Waals surface area contributed by atoms with Gasteiger partial charge < -0.3 is 19.9 Å². The number of anilines is 1. The molecule has 2 aromatic carbocycles. The number of carboxylic acid groups (broad SMARTS) is 1. The number of fused-ring (bicyclic) bond motifs is 3. The second kappa shape index (κ2) is 10.8. The summed E-state index contributed by atoms with van der Waals surface area (Å²) in [5, 5.41) is 18.3. The van der Waals surface area contributed by atoms with E-state index in [1.165, 1.54) is 24.2 Å². The summed E-state index contributed by atoms with van der Waals surface area (Å²) in [7, 11) is 1.45. The third kappa shape index (κ3) is 5.67. The summed E-state index contributed by atoms with van der Waals surface area (Å²) in [6.45, 7) is 0.171. The molecule has 0 radical (unpaired) electrons. The van der Waals surface area contributed by atoms with E-state index in [1.54, 1.807) is 0 Å². The topological polar surface area (TPSA) is 132 Å². The number of methoxy groups -OCH3 is 1. The molecule has 1 unspecified atom stereocenters. The summed E-state index contributed by atoms with van der Waals surface area (Å²) in [5.74, 6) is -1.72. The number of hydrogen-bond donors (Lipinski definition) is 3. The number of aliphatic carboxylic acids is 1. The van der Waals surface area contributed by atoms with Gasteiger partial charge in [-0.1, -0.05) is 48.5 Å². The highest BCUT2D eigenvalue weighted by Gasteiger charge is 2.29. The Kier molecular flexibility index (Phi) is 7.41. The van der Waals surface area contributed by atoms with Crippen molar-refractivity contribution in [2.24, 2.45) is 0 Å². The molecular weight excluding hydrogens is 452 g/mol. The second-order valence-electron chi connectivity index (χ2n) is 8.12. The van der Waals surface area contributed by atoms with Gasteiger partial charge in [-0.15, -0.1) is 0 Å². The molecule has 3 aromatic rings. The van der Waals surface area contributed by atoms with Gasteiger partial charge in [0, 0.05) is 32.3 Å². The predicted octanol–water partition coefficient (Wildman–Crippen LogP) is 2.85. The Hall–Kier alpha value is -4.18. The number of nitrogens with one attached hydrogen (secondary N) is 2. The number of aromatic nitrogens is 2. The van der Waals surface area contributed by atoms with Gasteiger partial charge in [0.25, 0.3) is 0 Å². The van der Waals surface area contributed by atoms with Crippen molar-refractivity contribution in [2.45, 2.75) is 24.9 Å². The lowest BCUT2D eigenvalue weighted by atomic mass is 9.98. The van der Waals surface area contributed by atoms with Crippen LogP contribution in [0.3, 0.4) is 0 Å². The van der Waals surface area contributed by atoms with Crippen LogP contribution in [0.1, 0.15) is 23.5 Å². The average Bonchev–Trinajstić information content (AvgIpc) is 3.41. The SMILES string of the molecule is COCCC(NC(=O)Cn1cc(NC(=O)OCC2c3ccccc3-c3ccccc32)cn1)C(=O)O. The molecule has 0 aliphatic heterocycles. The Morgan fingerprint density at radius 1 is 1.09 bits per heavy atom. The normalized spacial score (nSPS) is 12.9. The van der Waals surface area contributed by atoms with Gasteiger partial charge in [-0.05, 0) is 22.3 Å². The van der Waals surface area contributed by atoms with Crippen LogP contribution < -0.4 is 10.6 Å². The number of hydrogen-bond acceptors (Lipinski definition) is 6. The van der Waals surface area contributed by atoms with Crippen LogP contribution >= 0.6 is 0 Å². The Bertz CT molecular complexity index is 1180. The van der Waals surface area contributed by atoms with Crippen LogP contribution in [-0.2, 0) is 25.6 Å². The molecule has 1 aliphatic rings. The van der Waals surface area contributed by atoms with Crippen molar-refractivity contribution in [3.05, 3.63) is 72.1 Å². The zero-order valence-corrected chi connectivity index (χ0v) is 19.1. The molecule has 10 nitrogen and oxygen atoms in total. The van der Waals surface area contributed by atoms with Crippen LogP contribution in [-0.4, -0.2) is 59.2 Å². The van der Waals surface area contributed by atoms with E-state index in [2.05, 4.69) is 27.9 Å². The summed E-state index contributed by atoms with van der Waals surface area (Å²) < 4.78 is 11.7. The fourth-order valence-electron chi connectivity index (χ4n) is 4.15. The summed E-state index contributed by atoms with van der Waals surface area (Å²) in [6, 6.07) is 15.1. The third-order valence-electron chi connectivity index (χ3n) is 5.77. The summed E-state index contributed by atoms with van der Waals surface area (Å²) in [6.07, 6.45) is 2.35. The smallest absolute Gasteiger partial charge is 0.411 e. The fourth-order valence-corrected chi connectivity index (χ4v) is 4.15. The average molecular weight is 479 g/mol. The highest BCUT2D eigenvalue weighted by atomic mass is 16.5. The number of benzene rings is 2. The van der Waals surface area contributed by atoms with E-state index >= 15 is 0 Å². The molecule has 0 spiro atoms. The van der Waals surface area contributed by atoms with Gasteiger partial charge in [0.15, 0.2) is 0 Å². The van der Waals surface area contributed by atoms with E-state index in [-0.39, 0.29) is 32.1 Å². The van der Waals surface area contributed by atoms with Crippen molar-refractivity contribution in [3.63, 3.8) is 0 Å². The summed E-state index contributed by atoms with van der Waals surface area (Å²) in [5.41, 5.74) is 4.87. The molecule has 1 atom stereocenters. The molecule has 0 saturated carbocycles. The minimum absolute atomic E-state index is 0.0557. The van der Waals surface area contributed by atoms with Crippen molar-refractivity contribution >= 4 is 23.7 Å². The van der Waals surface area contributed by atoms with Gasteiger partial charge in [-0.25, -0.2) is 9.59 Å². The third-order valence-corrected chi connectivity index (χ3v) is 5.77. The van der Waals surface area contributed by atoms with E-state index in [0.29, 0.717) is 5.69 Å². The Labute approximate surface area is 201 Å². The molecule has 0 fully saturated rings. The molecular formula is C25H26N4O6. The predicted molar refractivity (Wildman–Crippen MR) is 127 cm³/mol. The van der Waals surface area contributed by atoms with E-state index < -0.39 is 24.0 Å². The summed E-state index contributed by atoms with van der Waals surface area (Å²) >= 11 is 0. The van der Waals surface area contributed by atoms with Crippen LogP contribution in [0.2, 0.25) is 0 Å². The van der Waals surface area contributed by atoms with Gasteiger partial charge >= 0.3 is 12.1 Å². The number of amides is 2. The molecule has 35 heavy (non-hydrogen) atoms. The molecule has 1 aromatic heterocycles. The lowest BCUT2D eigenvalue weighted by Crippen LogP contribution is -2.43. The number of rotatable bonds is 10. The Morgan fingerprint density at radius 2 is 1.74 bits per heavy atom. The number of carboxylic acids is 1. The van der Waals surface area contributed by atoms with Gasteiger partial charge in [-0.2, -0.15) is 5.10 Å². The monoisotopic (exact) mass is 478 g/mol. The van der Waals surface area contributed by atoms with Crippen LogP contribution in [0.4, 0.5) is 10.5 Å². The van der Waals surface area contributed by atoms with E-state index in [4.69, 9.17) is 9.47 Å². The fraction of sp³-hybridized carbons (Fsp3) is 0.280. The first-order valence-electron chi connectivity index (χ1n) is 11.1. The Balaban J connectivity index is 1.30. The van der Waals surface area contributed by atoms with Gasteiger partial charge in [-0.3, -0.25) is 14.8 Å². The van der Waals surface area contributed by atoms with E-state index in [1.807, 2.05) is 36.4 Å². The molecule has 10 heteroatoms.